The Morgan fingerprint density at radius 3 is 2.52 bits per heavy atom. The van der Waals surface area contributed by atoms with E-state index in [4.69, 9.17) is 20.8 Å². The van der Waals surface area contributed by atoms with E-state index in [1.807, 2.05) is 0 Å². The topological polar surface area (TPSA) is 91.3 Å². The lowest BCUT2D eigenvalue weighted by Crippen LogP contribution is -2.25. The third-order valence-corrected chi connectivity index (χ3v) is 3.20. The van der Waals surface area contributed by atoms with Crippen molar-refractivity contribution >= 4 is 5.84 Å². The molecule has 21 heavy (non-hydrogen) atoms. The van der Waals surface area contributed by atoms with Crippen LogP contribution in [-0.4, -0.2) is 54.4 Å². The molecule has 0 aromatic heterocycles. The summed E-state index contributed by atoms with van der Waals surface area (Å²) in [7, 11) is 2.06. The maximum Gasteiger partial charge on any atom is 0.170 e. The van der Waals surface area contributed by atoms with Gasteiger partial charge in [0.25, 0.3) is 0 Å². The van der Waals surface area contributed by atoms with Crippen molar-refractivity contribution in [2.24, 2.45) is 10.9 Å². The van der Waals surface area contributed by atoms with Crippen molar-refractivity contribution in [2.45, 2.75) is 19.3 Å². The predicted octanol–water partition coefficient (Wildman–Crippen LogP) is 1.25. The van der Waals surface area contributed by atoms with E-state index < -0.39 is 0 Å². The number of nitrogens with zero attached hydrogens (tertiary/aromatic N) is 2. The highest BCUT2D eigenvalue weighted by Crippen LogP contribution is 2.12. The van der Waals surface area contributed by atoms with Gasteiger partial charge in [0.15, 0.2) is 5.84 Å². The summed E-state index contributed by atoms with van der Waals surface area (Å²) >= 11 is 0. The molecule has 0 aliphatic heterocycles. The van der Waals surface area contributed by atoms with Crippen molar-refractivity contribution in [3.8, 4) is 5.75 Å². The summed E-state index contributed by atoms with van der Waals surface area (Å²) in [5.41, 5.74) is 6.15. The van der Waals surface area contributed by atoms with E-state index in [0.29, 0.717) is 12.2 Å². The molecule has 0 radical (unpaired) electrons. The number of ether oxygens (including phenoxy) is 1. The number of aliphatic hydroxyl groups is 1. The fourth-order valence-corrected chi connectivity index (χ4v) is 1.88. The third kappa shape index (κ3) is 6.97. The highest BCUT2D eigenvalue weighted by molar-refractivity contribution is 5.97. The van der Waals surface area contributed by atoms with Gasteiger partial charge in [0.2, 0.25) is 0 Å². The van der Waals surface area contributed by atoms with Crippen molar-refractivity contribution in [3.05, 3.63) is 29.8 Å². The molecular formula is C15H25N3O3. The van der Waals surface area contributed by atoms with Gasteiger partial charge in [-0.2, -0.15) is 0 Å². The molecule has 1 aromatic carbocycles. The lowest BCUT2D eigenvalue weighted by molar-refractivity contribution is 0.230. The summed E-state index contributed by atoms with van der Waals surface area (Å²) in [6, 6.07) is 7.11. The second-order valence-electron chi connectivity index (χ2n) is 4.95. The molecule has 0 atom stereocenters. The van der Waals surface area contributed by atoms with Crippen molar-refractivity contribution < 1.29 is 15.1 Å². The van der Waals surface area contributed by atoms with Crippen LogP contribution in [0.5, 0.6) is 5.75 Å². The van der Waals surface area contributed by atoms with Crippen LogP contribution in [0.4, 0.5) is 0 Å². The zero-order valence-electron chi connectivity index (χ0n) is 12.5. The van der Waals surface area contributed by atoms with Crippen LogP contribution in [0.2, 0.25) is 0 Å². The second kappa shape index (κ2) is 10.0. The van der Waals surface area contributed by atoms with Crippen molar-refractivity contribution in [1.29, 1.82) is 0 Å². The van der Waals surface area contributed by atoms with Gasteiger partial charge in [-0.3, -0.25) is 0 Å². The van der Waals surface area contributed by atoms with E-state index in [1.165, 1.54) is 0 Å². The Morgan fingerprint density at radius 1 is 1.19 bits per heavy atom. The number of aliphatic hydroxyl groups excluding tert-OH is 1. The Kier molecular flexibility index (Phi) is 8.23. The van der Waals surface area contributed by atoms with Crippen LogP contribution in [0.25, 0.3) is 0 Å². The second-order valence-corrected chi connectivity index (χ2v) is 4.95. The van der Waals surface area contributed by atoms with Gasteiger partial charge < -0.3 is 25.7 Å². The van der Waals surface area contributed by atoms with Crippen LogP contribution in [0, 0.1) is 0 Å². The number of benzene rings is 1. The highest BCUT2D eigenvalue weighted by Gasteiger charge is 2.01. The van der Waals surface area contributed by atoms with E-state index in [2.05, 4.69) is 17.1 Å². The average molecular weight is 295 g/mol. The zero-order valence-corrected chi connectivity index (χ0v) is 12.5. The van der Waals surface area contributed by atoms with Gasteiger partial charge in [-0.25, -0.2) is 0 Å². The maximum atomic E-state index is 8.71. The van der Waals surface area contributed by atoms with Crippen LogP contribution in [0.15, 0.2) is 29.4 Å². The fraction of sp³-hybridized carbons (Fsp3) is 0.533. The van der Waals surface area contributed by atoms with Crippen LogP contribution in [-0.2, 0) is 0 Å². The van der Waals surface area contributed by atoms with Crippen LogP contribution < -0.4 is 10.5 Å². The molecule has 0 saturated heterocycles. The number of amidine groups is 1. The molecular weight excluding hydrogens is 270 g/mol. The molecule has 0 saturated carbocycles. The first-order valence-electron chi connectivity index (χ1n) is 7.17. The van der Waals surface area contributed by atoms with Gasteiger partial charge in [-0.1, -0.05) is 5.16 Å². The number of oxime groups is 1. The molecule has 0 bridgehead atoms. The quantitative estimate of drug-likeness (QED) is 0.199. The SMILES string of the molecule is CN(CCCCCO)CCOc1ccc(/C(N)=N/O)cc1. The first-order valence-corrected chi connectivity index (χ1v) is 7.17. The minimum Gasteiger partial charge on any atom is -0.492 e. The van der Waals surface area contributed by atoms with Crippen molar-refractivity contribution in [2.75, 3.05) is 33.4 Å². The van der Waals surface area contributed by atoms with E-state index in [1.54, 1.807) is 24.3 Å². The van der Waals surface area contributed by atoms with Gasteiger partial charge in [-0.05, 0) is 57.1 Å². The number of hydrogen-bond donors (Lipinski definition) is 3. The smallest absolute Gasteiger partial charge is 0.170 e. The molecule has 1 aromatic rings. The summed E-state index contributed by atoms with van der Waals surface area (Å²) in [4.78, 5) is 2.21. The number of likely N-dealkylation sites (N-methyl/N-ethyl adjacent to an activating group) is 1. The first-order chi connectivity index (χ1) is 10.2. The van der Waals surface area contributed by atoms with Crippen LogP contribution in [0.3, 0.4) is 0 Å². The predicted molar refractivity (Wildman–Crippen MR) is 82.9 cm³/mol. The number of unbranched alkanes of at least 4 members (excludes halogenated alkanes) is 2. The average Bonchev–Trinajstić information content (AvgIpc) is 2.51. The number of hydrogen-bond acceptors (Lipinski definition) is 5. The Balaban J connectivity index is 2.23. The van der Waals surface area contributed by atoms with Crippen molar-refractivity contribution in [1.82, 2.24) is 4.90 Å². The largest absolute Gasteiger partial charge is 0.492 e. The summed E-state index contributed by atoms with van der Waals surface area (Å²) in [5.74, 6) is 0.849. The zero-order chi connectivity index (χ0) is 15.5. The van der Waals surface area contributed by atoms with E-state index in [-0.39, 0.29) is 12.4 Å². The van der Waals surface area contributed by atoms with Crippen molar-refractivity contribution in [3.63, 3.8) is 0 Å². The maximum absolute atomic E-state index is 8.71. The summed E-state index contributed by atoms with van der Waals surface area (Å²) < 4.78 is 5.65. The van der Waals surface area contributed by atoms with Gasteiger partial charge in [0.05, 0.1) is 0 Å². The Bertz CT molecular complexity index is 421. The molecule has 0 amide bonds. The fourth-order valence-electron chi connectivity index (χ4n) is 1.88. The highest BCUT2D eigenvalue weighted by atomic mass is 16.5. The minimum atomic E-state index is 0.0872. The molecule has 4 N–H and O–H groups in total. The molecule has 0 unspecified atom stereocenters. The Hall–Kier alpha value is -1.79. The van der Waals surface area contributed by atoms with Crippen LogP contribution in [0.1, 0.15) is 24.8 Å². The summed E-state index contributed by atoms with van der Waals surface area (Å²) in [6.07, 6.45) is 3.01. The van der Waals surface area contributed by atoms with E-state index in [0.717, 1.165) is 38.1 Å². The molecule has 0 heterocycles. The number of rotatable bonds is 10. The third-order valence-electron chi connectivity index (χ3n) is 3.20. The van der Waals surface area contributed by atoms with Gasteiger partial charge in [-0.15, -0.1) is 0 Å². The lowest BCUT2D eigenvalue weighted by Gasteiger charge is -2.16. The first kappa shape index (κ1) is 17.3. The van der Waals surface area contributed by atoms with Gasteiger partial charge in [0, 0.05) is 18.7 Å². The standard InChI is InChI=1S/C15H25N3O3/c1-18(9-3-2-4-11-19)10-12-21-14-7-5-13(6-8-14)15(16)17-20/h5-8,19-20H,2-4,9-12H2,1H3,(H2,16,17). The van der Waals surface area contributed by atoms with E-state index in [9.17, 15) is 0 Å². The normalized spacial score (nSPS) is 11.9. The monoisotopic (exact) mass is 295 g/mol. The van der Waals surface area contributed by atoms with Gasteiger partial charge >= 0.3 is 0 Å². The molecule has 0 fully saturated rings. The van der Waals surface area contributed by atoms with E-state index >= 15 is 0 Å². The van der Waals surface area contributed by atoms with Crippen LogP contribution >= 0.6 is 0 Å². The molecule has 0 spiro atoms. The summed E-state index contributed by atoms with van der Waals surface area (Å²) in [5, 5.41) is 20.2. The summed E-state index contributed by atoms with van der Waals surface area (Å²) in [6.45, 7) is 2.74. The number of nitrogens with two attached hydrogens (primary N) is 1. The van der Waals surface area contributed by atoms with Gasteiger partial charge in [0.1, 0.15) is 12.4 Å². The molecule has 6 nitrogen and oxygen atoms in total. The minimum absolute atomic E-state index is 0.0872. The molecule has 118 valence electrons. The Labute approximate surface area is 125 Å². The molecule has 6 heteroatoms. The Morgan fingerprint density at radius 2 is 1.90 bits per heavy atom. The molecule has 1 rings (SSSR count). The lowest BCUT2D eigenvalue weighted by atomic mass is 10.2. The molecule has 0 aliphatic rings. The molecule has 0 aliphatic carbocycles.